The van der Waals surface area contributed by atoms with Crippen LogP contribution in [0.3, 0.4) is 0 Å². The summed E-state index contributed by atoms with van der Waals surface area (Å²) in [4.78, 5) is 0. The zero-order chi connectivity index (χ0) is 12.3. The van der Waals surface area contributed by atoms with Crippen molar-refractivity contribution in [3.05, 3.63) is 0 Å². The fourth-order valence-electron chi connectivity index (χ4n) is 3.66. The molecule has 2 N–H and O–H groups in total. The standard InChI is InChI=1S/C15H29NO/c1-12-6-8-15(11-17,9-7-12)16-14-5-3-4-13(2)10-14/h12-14,16-17H,3-11H2,1-2H3. The largest absolute Gasteiger partial charge is 0.394 e. The van der Waals surface area contributed by atoms with Crippen LogP contribution in [0.1, 0.15) is 65.2 Å². The van der Waals surface area contributed by atoms with Gasteiger partial charge in [-0.3, -0.25) is 0 Å². The third kappa shape index (κ3) is 3.45. The first kappa shape index (κ1) is 13.4. The fraction of sp³-hybridized carbons (Fsp3) is 1.00. The van der Waals surface area contributed by atoms with Gasteiger partial charge in [0.1, 0.15) is 0 Å². The molecule has 2 aliphatic rings. The van der Waals surface area contributed by atoms with Crippen LogP contribution in [0.2, 0.25) is 0 Å². The Morgan fingerprint density at radius 2 is 1.76 bits per heavy atom. The molecule has 2 unspecified atom stereocenters. The van der Waals surface area contributed by atoms with Crippen LogP contribution in [0.25, 0.3) is 0 Å². The Hall–Kier alpha value is -0.0800. The molecular formula is C15H29NO. The first-order valence-corrected chi connectivity index (χ1v) is 7.52. The van der Waals surface area contributed by atoms with E-state index in [1.54, 1.807) is 0 Å². The summed E-state index contributed by atoms with van der Waals surface area (Å²) in [5, 5.41) is 13.6. The average Bonchev–Trinajstić information content (AvgIpc) is 2.33. The maximum absolute atomic E-state index is 9.76. The van der Waals surface area contributed by atoms with Gasteiger partial charge < -0.3 is 10.4 Å². The minimum Gasteiger partial charge on any atom is -0.394 e. The van der Waals surface area contributed by atoms with Gasteiger partial charge in [0.2, 0.25) is 0 Å². The average molecular weight is 239 g/mol. The van der Waals surface area contributed by atoms with Gasteiger partial charge in [-0.2, -0.15) is 0 Å². The molecule has 0 aliphatic heterocycles. The molecule has 0 bridgehead atoms. The Kier molecular flexibility index (Phi) is 4.48. The first-order chi connectivity index (χ1) is 8.13. The van der Waals surface area contributed by atoms with E-state index in [1.165, 1.54) is 38.5 Å². The fourth-order valence-corrected chi connectivity index (χ4v) is 3.66. The second kappa shape index (κ2) is 5.71. The second-order valence-electron chi connectivity index (χ2n) is 6.73. The summed E-state index contributed by atoms with van der Waals surface area (Å²) in [5.41, 5.74) is 0.0498. The van der Waals surface area contributed by atoms with Crippen molar-refractivity contribution in [3.63, 3.8) is 0 Å². The third-order valence-corrected chi connectivity index (χ3v) is 4.98. The maximum Gasteiger partial charge on any atom is 0.0613 e. The second-order valence-corrected chi connectivity index (χ2v) is 6.73. The SMILES string of the molecule is CC1CCC(CO)(NC2CCCC(C)C2)CC1. The molecule has 0 aromatic carbocycles. The molecule has 0 heterocycles. The molecular weight excluding hydrogens is 210 g/mol. The lowest BCUT2D eigenvalue weighted by Crippen LogP contribution is -2.55. The highest BCUT2D eigenvalue weighted by atomic mass is 16.3. The summed E-state index contributed by atoms with van der Waals surface area (Å²) < 4.78 is 0. The quantitative estimate of drug-likeness (QED) is 0.793. The van der Waals surface area contributed by atoms with E-state index in [-0.39, 0.29) is 5.54 Å². The number of hydrogen-bond donors (Lipinski definition) is 2. The zero-order valence-corrected chi connectivity index (χ0v) is 11.5. The van der Waals surface area contributed by atoms with Crippen molar-refractivity contribution in [2.75, 3.05) is 6.61 Å². The molecule has 2 atom stereocenters. The van der Waals surface area contributed by atoms with Crippen LogP contribution in [-0.4, -0.2) is 23.3 Å². The van der Waals surface area contributed by atoms with Gasteiger partial charge in [-0.05, 0) is 50.4 Å². The molecule has 100 valence electrons. The van der Waals surface area contributed by atoms with Gasteiger partial charge in [-0.1, -0.05) is 26.7 Å². The van der Waals surface area contributed by atoms with E-state index in [9.17, 15) is 5.11 Å². The van der Waals surface area contributed by atoms with Crippen molar-refractivity contribution in [1.82, 2.24) is 5.32 Å². The molecule has 2 aliphatic carbocycles. The van der Waals surface area contributed by atoms with Crippen LogP contribution >= 0.6 is 0 Å². The van der Waals surface area contributed by atoms with E-state index in [2.05, 4.69) is 19.2 Å². The molecule has 0 aromatic rings. The summed E-state index contributed by atoms with van der Waals surface area (Å²) in [6.07, 6.45) is 10.2. The van der Waals surface area contributed by atoms with Gasteiger partial charge in [0.25, 0.3) is 0 Å². The molecule has 2 saturated carbocycles. The van der Waals surface area contributed by atoms with Crippen LogP contribution in [0.15, 0.2) is 0 Å². The monoisotopic (exact) mass is 239 g/mol. The highest BCUT2D eigenvalue weighted by Gasteiger charge is 2.35. The van der Waals surface area contributed by atoms with Crippen LogP contribution in [0.5, 0.6) is 0 Å². The molecule has 0 aromatic heterocycles. The Bertz CT molecular complexity index is 233. The predicted molar refractivity (Wildman–Crippen MR) is 72.0 cm³/mol. The summed E-state index contributed by atoms with van der Waals surface area (Å²) in [7, 11) is 0. The minimum atomic E-state index is 0.0498. The van der Waals surface area contributed by atoms with Crippen molar-refractivity contribution >= 4 is 0 Å². The number of aliphatic hydroxyl groups is 1. The van der Waals surface area contributed by atoms with Crippen LogP contribution < -0.4 is 5.32 Å². The Balaban J connectivity index is 1.90. The lowest BCUT2D eigenvalue weighted by molar-refractivity contribution is 0.0837. The van der Waals surface area contributed by atoms with Gasteiger partial charge in [0.15, 0.2) is 0 Å². The molecule has 0 amide bonds. The van der Waals surface area contributed by atoms with Gasteiger partial charge in [0.05, 0.1) is 6.61 Å². The summed E-state index contributed by atoms with van der Waals surface area (Å²) >= 11 is 0. The van der Waals surface area contributed by atoms with E-state index in [4.69, 9.17) is 0 Å². The molecule has 17 heavy (non-hydrogen) atoms. The highest BCUT2D eigenvalue weighted by molar-refractivity contribution is 4.95. The minimum absolute atomic E-state index is 0.0498. The van der Waals surface area contributed by atoms with Crippen LogP contribution in [-0.2, 0) is 0 Å². The molecule has 2 heteroatoms. The molecule has 0 radical (unpaired) electrons. The van der Waals surface area contributed by atoms with Crippen molar-refractivity contribution in [2.24, 2.45) is 11.8 Å². The molecule has 0 saturated heterocycles. The van der Waals surface area contributed by atoms with Crippen LogP contribution in [0.4, 0.5) is 0 Å². The summed E-state index contributed by atoms with van der Waals surface area (Å²) in [5.74, 6) is 1.71. The van der Waals surface area contributed by atoms with Gasteiger partial charge in [-0.25, -0.2) is 0 Å². The Morgan fingerprint density at radius 1 is 1.06 bits per heavy atom. The Labute approximate surface area is 106 Å². The summed E-state index contributed by atoms with van der Waals surface area (Å²) in [6.45, 7) is 5.02. The van der Waals surface area contributed by atoms with Crippen LogP contribution in [0, 0.1) is 11.8 Å². The normalized spacial score (nSPS) is 43.6. The topological polar surface area (TPSA) is 32.3 Å². The van der Waals surface area contributed by atoms with E-state index in [0.717, 1.165) is 24.7 Å². The molecule has 0 spiro atoms. The molecule has 2 rings (SSSR count). The molecule has 2 nitrogen and oxygen atoms in total. The van der Waals surface area contributed by atoms with Crippen molar-refractivity contribution in [2.45, 2.75) is 76.8 Å². The maximum atomic E-state index is 9.76. The summed E-state index contributed by atoms with van der Waals surface area (Å²) in [6, 6.07) is 0.652. The first-order valence-electron chi connectivity index (χ1n) is 7.52. The number of rotatable bonds is 3. The molecule has 2 fully saturated rings. The van der Waals surface area contributed by atoms with Gasteiger partial charge in [-0.15, -0.1) is 0 Å². The smallest absolute Gasteiger partial charge is 0.0613 e. The number of hydrogen-bond acceptors (Lipinski definition) is 2. The lowest BCUT2D eigenvalue weighted by Gasteiger charge is -2.43. The Morgan fingerprint density at radius 3 is 2.35 bits per heavy atom. The third-order valence-electron chi connectivity index (χ3n) is 4.98. The van der Waals surface area contributed by atoms with E-state index in [0.29, 0.717) is 12.6 Å². The van der Waals surface area contributed by atoms with E-state index in [1.807, 2.05) is 0 Å². The van der Waals surface area contributed by atoms with Crippen molar-refractivity contribution in [1.29, 1.82) is 0 Å². The lowest BCUT2D eigenvalue weighted by atomic mass is 9.76. The van der Waals surface area contributed by atoms with Crippen molar-refractivity contribution in [3.8, 4) is 0 Å². The van der Waals surface area contributed by atoms with E-state index >= 15 is 0 Å². The number of nitrogens with one attached hydrogen (secondary N) is 1. The number of aliphatic hydroxyl groups excluding tert-OH is 1. The highest BCUT2D eigenvalue weighted by Crippen LogP contribution is 2.34. The zero-order valence-electron chi connectivity index (χ0n) is 11.5. The van der Waals surface area contributed by atoms with E-state index < -0.39 is 0 Å². The van der Waals surface area contributed by atoms with Crippen molar-refractivity contribution < 1.29 is 5.11 Å². The van der Waals surface area contributed by atoms with Gasteiger partial charge >= 0.3 is 0 Å². The predicted octanol–water partition coefficient (Wildman–Crippen LogP) is 3.10. The van der Waals surface area contributed by atoms with Gasteiger partial charge in [0, 0.05) is 11.6 Å².